The summed E-state index contributed by atoms with van der Waals surface area (Å²) in [5.74, 6) is 0.0523. The van der Waals surface area contributed by atoms with Crippen LogP contribution in [0.25, 0.3) is 0 Å². The number of carbonyl (C=O) groups is 1. The average Bonchev–Trinajstić information content (AvgIpc) is 2.46. The molecule has 0 aromatic carbocycles. The van der Waals surface area contributed by atoms with E-state index >= 15 is 0 Å². The molecule has 1 aliphatic carbocycles. The number of hydrogen-bond acceptors (Lipinski definition) is 3. The number of hydrogen-bond donors (Lipinski definition) is 1. The van der Waals surface area contributed by atoms with E-state index in [4.69, 9.17) is 4.74 Å². The van der Waals surface area contributed by atoms with Gasteiger partial charge in [0, 0.05) is 0 Å². The maximum Gasteiger partial charge on any atom is 0.311 e. The first-order chi connectivity index (χ1) is 9.69. The van der Waals surface area contributed by atoms with Crippen LogP contribution in [0.2, 0.25) is 0 Å². The summed E-state index contributed by atoms with van der Waals surface area (Å²) < 4.78 is 5.51. The topological polar surface area (TPSA) is 46.5 Å². The molecular weight excluding hydrogens is 252 g/mol. The molecule has 0 heterocycles. The van der Waals surface area contributed by atoms with Crippen molar-refractivity contribution in [1.29, 1.82) is 0 Å². The van der Waals surface area contributed by atoms with E-state index in [1.54, 1.807) is 0 Å². The smallest absolute Gasteiger partial charge is 0.311 e. The number of unbranched alkanes of at least 4 members (excludes halogenated alkanes) is 2. The highest BCUT2D eigenvalue weighted by atomic mass is 16.5. The number of carbonyl (C=O) groups excluding carboxylic acids is 1. The minimum absolute atomic E-state index is 0.171. The third kappa shape index (κ3) is 6.25. The van der Waals surface area contributed by atoms with Crippen molar-refractivity contribution in [1.82, 2.24) is 0 Å². The van der Waals surface area contributed by atoms with E-state index in [1.807, 2.05) is 0 Å². The molecule has 0 unspecified atom stereocenters. The summed E-state index contributed by atoms with van der Waals surface area (Å²) in [7, 11) is 0. The first-order valence-electron chi connectivity index (χ1n) is 8.53. The zero-order valence-corrected chi connectivity index (χ0v) is 13.3. The predicted molar refractivity (Wildman–Crippen MR) is 81.5 cm³/mol. The summed E-state index contributed by atoms with van der Waals surface area (Å²) in [5, 5.41) is 9.89. The van der Waals surface area contributed by atoms with Gasteiger partial charge < -0.3 is 9.84 Å². The SMILES string of the molecule is CCCCC(CCCC)COC(=O)[C@H]1CCCC[C@@H]1O. The van der Waals surface area contributed by atoms with Crippen LogP contribution in [-0.2, 0) is 9.53 Å². The number of rotatable bonds is 9. The Balaban J connectivity index is 2.34. The fourth-order valence-electron chi connectivity index (χ4n) is 2.99. The molecule has 0 saturated heterocycles. The van der Waals surface area contributed by atoms with E-state index in [1.165, 1.54) is 25.7 Å². The standard InChI is InChI=1S/C17H32O3/c1-3-5-9-14(10-6-4-2)13-20-17(19)15-11-7-8-12-16(15)18/h14-16,18H,3-13H2,1-2H3/t15-,16-/m0/s1. The maximum atomic E-state index is 12.1. The van der Waals surface area contributed by atoms with E-state index < -0.39 is 6.10 Å². The molecule has 3 heteroatoms. The lowest BCUT2D eigenvalue weighted by molar-refractivity contribution is -0.155. The first kappa shape index (κ1) is 17.5. The number of aliphatic hydroxyl groups excluding tert-OH is 1. The summed E-state index contributed by atoms with van der Waals surface area (Å²) in [4.78, 5) is 12.1. The van der Waals surface area contributed by atoms with E-state index in [2.05, 4.69) is 13.8 Å². The number of aliphatic hydroxyl groups is 1. The molecular formula is C17H32O3. The Kier molecular flexibility index (Phi) is 8.92. The van der Waals surface area contributed by atoms with Crippen LogP contribution in [0.5, 0.6) is 0 Å². The Labute approximate surface area is 124 Å². The Bertz CT molecular complexity index is 257. The zero-order valence-electron chi connectivity index (χ0n) is 13.3. The van der Waals surface area contributed by atoms with Crippen molar-refractivity contribution < 1.29 is 14.6 Å². The van der Waals surface area contributed by atoms with Gasteiger partial charge >= 0.3 is 5.97 Å². The molecule has 1 fully saturated rings. The molecule has 1 aliphatic rings. The summed E-state index contributed by atoms with van der Waals surface area (Å²) in [5.41, 5.74) is 0. The van der Waals surface area contributed by atoms with Crippen molar-refractivity contribution in [3.63, 3.8) is 0 Å². The van der Waals surface area contributed by atoms with Gasteiger partial charge in [-0.15, -0.1) is 0 Å². The van der Waals surface area contributed by atoms with Gasteiger partial charge in [0.25, 0.3) is 0 Å². The highest BCUT2D eigenvalue weighted by Crippen LogP contribution is 2.26. The van der Waals surface area contributed by atoms with Gasteiger partial charge in [0.1, 0.15) is 0 Å². The molecule has 118 valence electrons. The molecule has 3 nitrogen and oxygen atoms in total. The molecule has 0 bridgehead atoms. The van der Waals surface area contributed by atoms with Crippen molar-refractivity contribution >= 4 is 5.97 Å². The lowest BCUT2D eigenvalue weighted by Gasteiger charge is -2.26. The Morgan fingerprint density at radius 1 is 1.15 bits per heavy atom. The molecule has 0 aromatic rings. The van der Waals surface area contributed by atoms with Crippen LogP contribution < -0.4 is 0 Å². The van der Waals surface area contributed by atoms with E-state index in [0.29, 0.717) is 12.5 Å². The quantitative estimate of drug-likeness (QED) is 0.649. The molecule has 1 saturated carbocycles. The first-order valence-corrected chi connectivity index (χ1v) is 8.53. The lowest BCUT2D eigenvalue weighted by Crippen LogP contribution is -2.33. The lowest BCUT2D eigenvalue weighted by atomic mass is 9.86. The van der Waals surface area contributed by atoms with Crippen LogP contribution in [0.4, 0.5) is 0 Å². The highest BCUT2D eigenvalue weighted by molar-refractivity contribution is 5.73. The molecule has 20 heavy (non-hydrogen) atoms. The van der Waals surface area contributed by atoms with Crippen molar-refractivity contribution in [3.05, 3.63) is 0 Å². The van der Waals surface area contributed by atoms with E-state index in [-0.39, 0.29) is 11.9 Å². The third-order valence-corrected chi connectivity index (χ3v) is 4.43. The van der Waals surface area contributed by atoms with E-state index in [9.17, 15) is 9.90 Å². The fraction of sp³-hybridized carbons (Fsp3) is 0.941. The second-order valence-electron chi connectivity index (χ2n) is 6.24. The van der Waals surface area contributed by atoms with Crippen LogP contribution in [0.1, 0.15) is 78.1 Å². The van der Waals surface area contributed by atoms with Gasteiger partial charge in [0.2, 0.25) is 0 Å². The van der Waals surface area contributed by atoms with Crippen LogP contribution in [0.3, 0.4) is 0 Å². The van der Waals surface area contributed by atoms with Crippen molar-refractivity contribution in [2.75, 3.05) is 6.61 Å². The molecule has 0 amide bonds. The second kappa shape index (κ2) is 10.2. The van der Waals surface area contributed by atoms with Gasteiger partial charge in [-0.2, -0.15) is 0 Å². The van der Waals surface area contributed by atoms with Crippen LogP contribution in [0, 0.1) is 11.8 Å². The third-order valence-electron chi connectivity index (χ3n) is 4.43. The summed E-state index contributed by atoms with van der Waals surface area (Å²) >= 11 is 0. The van der Waals surface area contributed by atoms with Gasteiger partial charge in [-0.3, -0.25) is 4.79 Å². The predicted octanol–water partition coefficient (Wildman–Crippen LogP) is 4.08. The molecule has 0 aromatic heterocycles. The van der Waals surface area contributed by atoms with Crippen LogP contribution >= 0.6 is 0 Å². The molecule has 1 N–H and O–H groups in total. The average molecular weight is 284 g/mol. The highest BCUT2D eigenvalue weighted by Gasteiger charge is 2.30. The summed E-state index contributed by atoms with van der Waals surface area (Å²) in [6.07, 6.45) is 10.2. The van der Waals surface area contributed by atoms with Crippen molar-refractivity contribution in [2.45, 2.75) is 84.2 Å². The fourth-order valence-corrected chi connectivity index (χ4v) is 2.99. The second-order valence-corrected chi connectivity index (χ2v) is 6.24. The van der Waals surface area contributed by atoms with Gasteiger partial charge in [0.15, 0.2) is 0 Å². The van der Waals surface area contributed by atoms with Gasteiger partial charge in [0.05, 0.1) is 18.6 Å². The molecule has 1 rings (SSSR count). The minimum atomic E-state index is -0.485. The summed E-state index contributed by atoms with van der Waals surface area (Å²) in [6.45, 7) is 4.94. The van der Waals surface area contributed by atoms with E-state index in [0.717, 1.165) is 38.5 Å². The largest absolute Gasteiger partial charge is 0.465 e. The Morgan fingerprint density at radius 3 is 2.30 bits per heavy atom. The van der Waals surface area contributed by atoms with Crippen LogP contribution in [-0.4, -0.2) is 23.8 Å². The maximum absolute atomic E-state index is 12.1. The normalized spacial score (nSPS) is 23.0. The van der Waals surface area contributed by atoms with Crippen molar-refractivity contribution in [3.8, 4) is 0 Å². The van der Waals surface area contributed by atoms with Crippen LogP contribution in [0.15, 0.2) is 0 Å². The van der Waals surface area contributed by atoms with Gasteiger partial charge in [-0.05, 0) is 31.6 Å². The minimum Gasteiger partial charge on any atom is -0.465 e. The summed E-state index contributed by atoms with van der Waals surface area (Å²) in [6, 6.07) is 0. The monoisotopic (exact) mass is 284 g/mol. The van der Waals surface area contributed by atoms with Crippen molar-refractivity contribution in [2.24, 2.45) is 11.8 Å². The number of esters is 1. The Morgan fingerprint density at radius 2 is 1.75 bits per heavy atom. The number of ether oxygens (including phenoxy) is 1. The van der Waals surface area contributed by atoms with Gasteiger partial charge in [-0.25, -0.2) is 0 Å². The molecule has 0 radical (unpaired) electrons. The molecule has 2 atom stereocenters. The molecule has 0 spiro atoms. The zero-order chi connectivity index (χ0) is 14.8. The van der Waals surface area contributed by atoms with Gasteiger partial charge in [-0.1, -0.05) is 52.4 Å². The molecule has 0 aliphatic heterocycles. The Hall–Kier alpha value is -0.570.